The molecule has 0 atom stereocenters. The lowest BCUT2D eigenvalue weighted by Crippen LogP contribution is -2.14. The fraction of sp³-hybridized carbons (Fsp3) is 0.333. The summed E-state index contributed by atoms with van der Waals surface area (Å²) in [5, 5.41) is 6.03. The Morgan fingerprint density at radius 1 is 0.812 bits per heavy atom. The Hall–Kier alpha value is -1.00. The van der Waals surface area contributed by atoms with Crippen LogP contribution in [0.2, 0.25) is 0 Å². The summed E-state index contributed by atoms with van der Waals surface area (Å²) in [5.41, 5.74) is 5.78. The standard InChI is InChI=1S/C12H16N2S2/c15-9-13-7-5-11-1-2-12(4-3-11)6-8-14-10-16/h1-4,9-10H,5-8H2,(H,13,15)(H,14,16). The smallest absolute Gasteiger partial charge is 0.0614 e. The van der Waals surface area contributed by atoms with Gasteiger partial charge >= 0.3 is 0 Å². The van der Waals surface area contributed by atoms with E-state index in [1.165, 1.54) is 11.1 Å². The average Bonchev–Trinajstić information content (AvgIpc) is 2.32. The molecule has 0 aromatic heterocycles. The van der Waals surface area contributed by atoms with Gasteiger partial charge in [0.2, 0.25) is 0 Å². The molecule has 1 aromatic carbocycles. The van der Waals surface area contributed by atoms with Gasteiger partial charge in [-0.2, -0.15) is 0 Å². The summed E-state index contributed by atoms with van der Waals surface area (Å²) in [6.45, 7) is 1.80. The molecule has 0 bridgehead atoms. The molecule has 2 nitrogen and oxygen atoms in total. The highest BCUT2D eigenvalue weighted by Gasteiger charge is 1.94. The van der Waals surface area contributed by atoms with E-state index in [1.54, 1.807) is 11.0 Å². The van der Waals surface area contributed by atoms with Crippen LogP contribution in [-0.4, -0.2) is 24.1 Å². The summed E-state index contributed by atoms with van der Waals surface area (Å²) < 4.78 is 0. The first-order valence-corrected chi connectivity index (χ1v) is 6.23. The van der Waals surface area contributed by atoms with Crippen molar-refractivity contribution >= 4 is 35.4 Å². The van der Waals surface area contributed by atoms with E-state index in [0.29, 0.717) is 0 Å². The topological polar surface area (TPSA) is 24.1 Å². The van der Waals surface area contributed by atoms with E-state index < -0.39 is 0 Å². The van der Waals surface area contributed by atoms with Crippen LogP contribution in [-0.2, 0) is 12.8 Å². The van der Waals surface area contributed by atoms with Crippen molar-refractivity contribution in [2.24, 2.45) is 0 Å². The van der Waals surface area contributed by atoms with Crippen molar-refractivity contribution in [3.63, 3.8) is 0 Å². The zero-order chi connectivity index (χ0) is 11.6. The van der Waals surface area contributed by atoms with Gasteiger partial charge < -0.3 is 10.6 Å². The zero-order valence-electron chi connectivity index (χ0n) is 9.11. The highest BCUT2D eigenvalue weighted by Crippen LogP contribution is 2.05. The van der Waals surface area contributed by atoms with Crippen LogP contribution in [0.1, 0.15) is 11.1 Å². The average molecular weight is 252 g/mol. The molecule has 16 heavy (non-hydrogen) atoms. The lowest BCUT2D eigenvalue weighted by atomic mass is 10.1. The first kappa shape index (κ1) is 13.1. The molecule has 0 amide bonds. The summed E-state index contributed by atoms with van der Waals surface area (Å²) in [7, 11) is 0. The van der Waals surface area contributed by atoms with Gasteiger partial charge in [0.05, 0.1) is 11.0 Å². The zero-order valence-corrected chi connectivity index (χ0v) is 10.7. The first-order chi connectivity index (χ1) is 7.86. The van der Waals surface area contributed by atoms with Gasteiger partial charge in [0.1, 0.15) is 0 Å². The van der Waals surface area contributed by atoms with Gasteiger partial charge in [0.15, 0.2) is 0 Å². The van der Waals surface area contributed by atoms with Crippen molar-refractivity contribution in [2.45, 2.75) is 12.8 Å². The van der Waals surface area contributed by atoms with Crippen molar-refractivity contribution < 1.29 is 0 Å². The SMILES string of the molecule is S=CNCCc1ccc(CCNC=S)cc1. The molecule has 0 fully saturated rings. The number of hydrogen-bond donors (Lipinski definition) is 2. The number of benzene rings is 1. The van der Waals surface area contributed by atoms with Gasteiger partial charge in [-0.25, -0.2) is 0 Å². The van der Waals surface area contributed by atoms with E-state index in [2.05, 4.69) is 34.9 Å². The van der Waals surface area contributed by atoms with Crippen LogP contribution in [0.25, 0.3) is 0 Å². The quantitative estimate of drug-likeness (QED) is 0.545. The third kappa shape index (κ3) is 5.19. The summed E-state index contributed by atoms with van der Waals surface area (Å²) in [5.74, 6) is 0. The Bertz CT molecular complexity index is 289. The molecule has 1 rings (SSSR count). The van der Waals surface area contributed by atoms with Crippen LogP contribution in [0.3, 0.4) is 0 Å². The van der Waals surface area contributed by atoms with Gasteiger partial charge in [-0.3, -0.25) is 0 Å². The van der Waals surface area contributed by atoms with Crippen LogP contribution in [0.4, 0.5) is 0 Å². The molecule has 0 saturated carbocycles. The van der Waals surface area contributed by atoms with Crippen molar-refractivity contribution in [3.05, 3.63) is 35.4 Å². The van der Waals surface area contributed by atoms with Crippen molar-refractivity contribution in [1.29, 1.82) is 0 Å². The Kier molecular flexibility index (Phi) is 6.69. The van der Waals surface area contributed by atoms with Gasteiger partial charge in [-0.15, -0.1) is 0 Å². The molecule has 2 N–H and O–H groups in total. The second kappa shape index (κ2) is 8.19. The van der Waals surface area contributed by atoms with Crippen LogP contribution in [0.5, 0.6) is 0 Å². The summed E-state index contributed by atoms with van der Waals surface area (Å²) in [6, 6.07) is 8.66. The van der Waals surface area contributed by atoms with E-state index in [1.807, 2.05) is 0 Å². The molecule has 1 aromatic rings. The fourth-order valence-corrected chi connectivity index (χ4v) is 1.66. The van der Waals surface area contributed by atoms with Crippen molar-refractivity contribution in [2.75, 3.05) is 13.1 Å². The molecular weight excluding hydrogens is 236 g/mol. The Morgan fingerprint density at radius 2 is 1.19 bits per heavy atom. The molecule has 0 radical (unpaired) electrons. The third-order valence-electron chi connectivity index (χ3n) is 2.31. The van der Waals surface area contributed by atoms with Crippen molar-refractivity contribution in [3.8, 4) is 0 Å². The maximum Gasteiger partial charge on any atom is 0.0614 e. The van der Waals surface area contributed by atoms with E-state index in [0.717, 1.165) is 25.9 Å². The molecular formula is C12H16N2S2. The Morgan fingerprint density at radius 3 is 1.50 bits per heavy atom. The molecule has 4 heteroatoms. The highest BCUT2D eigenvalue weighted by atomic mass is 32.1. The van der Waals surface area contributed by atoms with E-state index in [-0.39, 0.29) is 0 Å². The molecule has 0 aliphatic heterocycles. The van der Waals surface area contributed by atoms with E-state index in [4.69, 9.17) is 24.4 Å². The summed E-state index contributed by atoms with van der Waals surface area (Å²) in [6.07, 6.45) is 2.01. The van der Waals surface area contributed by atoms with Gasteiger partial charge in [0, 0.05) is 13.1 Å². The minimum Gasteiger partial charge on any atom is -0.382 e. The van der Waals surface area contributed by atoms with Crippen LogP contribution >= 0.6 is 24.4 Å². The van der Waals surface area contributed by atoms with Crippen molar-refractivity contribution in [1.82, 2.24) is 10.6 Å². The fourth-order valence-electron chi connectivity index (χ4n) is 1.42. The highest BCUT2D eigenvalue weighted by molar-refractivity contribution is 7.79. The number of nitrogens with one attached hydrogen (secondary N) is 2. The molecule has 86 valence electrons. The number of hydrogen-bond acceptors (Lipinski definition) is 2. The molecule has 0 aliphatic carbocycles. The predicted octanol–water partition coefficient (Wildman–Crippen LogP) is 1.87. The van der Waals surface area contributed by atoms with Crippen LogP contribution in [0.15, 0.2) is 24.3 Å². The lowest BCUT2D eigenvalue weighted by Gasteiger charge is -2.04. The molecule has 0 heterocycles. The lowest BCUT2D eigenvalue weighted by molar-refractivity contribution is 0.873. The summed E-state index contributed by atoms with van der Waals surface area (Å²) >= 11 is 9.39. The maximum atomic E-state index is 4.69. The number of thiocarbonyl (C=S) groups is 2. The predicted molar refractivity (Wildman–Crippen MR) is 77.2 cm³/mol. The third-order valence-corrected chi connectivity index (χ3v) is 2.64. The van der Waals surface area contributed by atoms with Gasteiger partial charge in [-0.05, 0) is 24.0 Å². The monoisotopic (exact) mass is 252 g/mol. The van der Waals surface area contributed by atoms with E-state index in [9.17, 15) is 0 Å². The number of rotatable bonds is 8. The van der Waals surface area contributed by atoms with Crippen LogP contribution in [0, 0.1) is 0 Å². The second-order valence-electron chi connectivity index (χ2n) is 3.46. The first-order valence-electron chi connectivity index (χ1n) is 5.28. The summed E-state index contributed by atoms with van der Waals surface area (Å²) in [4.78, 5) is 0. The largest absolute Gasteiger partial charge is 0.382 e. The normalized spacial score (nSPS) is 9.50. The minimum absolute atomic E-state index is 0.898. The second-order valence-corrected chi connectivity index (χ2v) is 3.93. The van der Waals surface area contributed by atoms with Gasteiger partial charge in [0.25, 0.3) is 0 Å². The van der Waals surface area contributed by atoms with Crippen LogP contribution < -0.4 is 10.6 Å². The Labute approximate surface area is 107 Å². The van der Waals surface area contributed by atoms with Gasteiger partial charge in [-0.1, -0.05) is 48.7 Å². The molecule has 0 spiro atoms. The molecule has 0 unspecified atom stereocenters. The maximum absolute atomic E-state index is 4.69. The molecule has 0 aliphatic rings. The molecule has 0 saturated heterocycles. The Balaban J connectivity index is 2.35. The van der Waals surface area contributed by atoms with E-state index >= 15 is 0 Å². The minimum atomic E-state index is 0.898.